The summed E-state index contributed by atoms with van der Waals surface area (Å²) in [7, 11) is 0. The Balaban J connectivity index is 5.25. The van der Waals surface area contributed by atoms with Crippen molar-refractivity contribution in [2.75, 3.05) is 0 Å². The van der Waals surface area contributed by atoms with Gasteiger partial charge in [0.2, 0.25) is 5.60 Å². The highest BCUT2D eigenvalue weighted by Crippen LogP contribution is 2.23. The van der Waals surface area contributed by atoms with Gasteiger partial charge in [-0.1, -0.05) is 0 Å². The van der Waals surface area contributed by atoms with Crippen molar-refractivity contribution in [1.29, 1.82) is 0 Å². The highest BCUT2D eigenvalue weighted by molar-refractivity contribution is 5.91. The third-order valence-electron chi connectivity index (χ3n) is 1.83. The summed E-state index contributed by atoms with van der Waals surface area (Å²) in [6, 6.07) is 0. The van der Waals surface area contributed by atoms with E-state index in [0.29, 0.717) is 6.26 Å². The fourth-order valence-electron chi connectivity index (χ4n) is 1.21. The molecule has 2 N–H and O–H groups in total. The first-order valence-corrected chi connectivity index (χ1v) is 4.77. The lowest BCUT2D eigenvalue weighted by Crippen LogP contribution is -2.46. The van der Waals surface area contributed by atoms with Crippen molar-refractivity contribution >= 4 is 29.8 Å². The van der Waals surface area contributed by atoms with Crippen LogP contribution in [0.5, 0.6) is 0 Å². The number of carboxylic acid groups (broad SMARTS) is 2. The standard InChI is InChI=1S/C10H10O9/c1-6(12)19-10(9(16)17,4-7(13)14)5-8(15)18-3-2-11/h3H,4-5H2,1H3,(H,13,14)(H,16,17). The van der Waals surface area contributed by atoms with E-state index in [1.165, 1.54) is 0 Å². The maximum atomic E-state index is 11.2. The van der Waals surface area contributed by atoms with E-state index in [2.05, 4.69) is 9.47 Å². The molecule has 0 saturated carbocycles. The molecule has 0 amide bonds. The molecule has 1 atom stereocenters. The Morgan fingerprint density at radius 1 is 1.21 bits per heavy atom. The number of carbonyl (C=O) groups excluding carboxylic acids is 3. The van der Waals surface area contributed by atoms with Gasteiger partial charge in [0.05, 0.1) is 12.8 Å². The summed E-state index contributed by atoms with van der Waals surface area (Å²) < 4.78 is 8.55. The molecular weight excluding hydrogens is 264 g/mol. The number of aliphatic carboxylic acids is 2. The van der Waals surface area contributed by atoms with Crippen molar-refractivity contribution in [2.24, 2.45) is 0 Å². The molecule has 0 radical (unpaired) electrons. The largest absolute Gasteiger partial charge is 0.481 e. The Morgan fingerprint density at radius 2 is 1.79 bits per heavy atom. The van der Waals surface area contributed by atoms with Crippen LogP contribution in [0.1, 0.15) is 19.8 Å². The topological polar surface area (TPSA) is 144 Å². The number of hydrogen-bond acceptors (Lipinski definition) is 7. The zero-order valence-corrected chi connectivity index (χ0v) is 9.74. The minimum atomic E-state index is -2.59. The summed E-state index contributed by atoms with van der Waals surface area (Å²) in [6.45, 7) is 0.857. The number of hydrogen-bond donors (Lipinski definition) is 2. The Hall–Kier alpha value is -2.67. The van der Waals surface area contributed by atoms with Gasteiger partial charge in [-0.3, -0.25) is 14.4 Å². The van der Waals surface area contributed by atoms with Gasteiger partial charge in [-0.2, -0.15) is 0 Å². The molecule has 0 rings (SSSR count). The number of carbonyl (C=O) groups is 4. The van der Waals surface area contributed by atoms with Crippen LogP contribution in [0.25, 0.3) is 0 Å². The van der Waals surface area contributed by atoms with Gasteiger partial charge >= 0.3 is 23.9 Å². The van der Waals surface area contributed by atoms with Gasteiger partial charge in [0.15, 0.2) is 12.2 Å². The number of ether oxygens (including phenoxy) is 2. The summed E-state index contributed by atoms with van der Waals surface area (Å²) in [5.41, 5.74) is -2.59. The van der Waals surface area contributed by atoms with Crippen molar-refractivity contribution < 1.29 is 43.7 Å². The zero-order valence-electron chi connectivity index (χ0n) is 9.74. The second-order valence-corrected chi connectivity index (χ2v) is 3.37. The predicted molar refractivity (Wildman–Crippen MR) is 55.4 cm³/mol. The first-order valence-electron chi connectivity index (χ1n) is 4.77. The third kappa shape index (κ3) is 5.46. The van der Waals surface area contributed by atoms with Crippen molar-refractivity contribution in [1.82, 2.24) is 0 Å². The Bertz CT molecular complexity index is 428. The minimum Gasteiger partial charge on any atom is -0.481 e. The third-order valence-corrected chi connectivity index (χ3v) is 1.83. The fourth-order valence-corrected chi connectivity index (χ4v) is 1.21. The summed E-state index contributed by atoms with van der Waals surface area (Å²) in [4.78, 5) is 53.5. The van der Waals surface area contributed by atoms with Crippen LogP contribution < -0.4 is 0 Å². The fraction of sp³-hybridized carbons (Fsp3) is 0.400. The molecule has 0 aliphatic rings. The lowest BCUT2D eigenvalue weighted by molar-refractivity contribution is -0.185. The summed E-state index contributed by atoms with van der Waals surface area (Å²) in [6.07, 6.45) is -1.88. The minimum absolute atomic E-state index is 0.323. The van der Waals surface area contributed by atoms with E-state index >= 15 is 0 Å². The molecule has 0 aromatic heterocycles. The first-order chi connectivity index (χ1) is 8.73. The smallest absolute Gasteiger partial charge is 0.349 e. The lowest BCUT2D eigenvalue weighted by atomic mass is 9.95. The van der Waals surface area contributed by atoms with Crippen LogP contribution in [0.4, 0.5) is 0 Å². The second-order valence-electron chi connectivity index (χ2n) is 3.37. The van der Waals surface area contributed by atoms with E-state index < -0.39 is 42.3 Å². The molecule has 0 spiro atoms. The van der Waals surface area contributed by atoms with Crippen LogP contribution in [0.3, 0.4) is 0 Å². The average molecular weight is 274 g/mol. The van der Waals surface area contributed by atoms with E-state index in [1.54, 1.807) is 0 Å². The van der Waals surface area contributed by atoms with Gasteiger partial charge in [0.1, 0.15) is 0 Å². The quantitative estimate of drug-likeness (QED) is 0.343. The van der Waals surface area contributed by atoms with E-state index in [4.69, 9.17) is 10.2 Å². The molecule has 0 aromatic carbocycles. The zero-order chi connectivity index (χ0) is 15.1. The molecule has 0 saturated heterocycles. The molecule has 19 heavy (non-hydrogen) atoms. The Labute approximate surface area is 106 Å². The van der Waals surface area contributed by atoms with Gasteiger partial charge in [0.25, 0.3) is 0 Å². The van der Waals surface area contributed by atoms with Gasteiger partial charge in [-0.05, 0) is 0 Å². The molecule has 104 valence electrons. The molecule has 0 fully saturated rings. The molecule has 9 nitrogen and oxygen atoms in total. The van der Waals surface area contributed by atoms with E-state index in [1.807, 2.05) is 0 Å². The highest BCUT2D eigenvalue weighted by Gasteiger charge is 2.47. The lowest BCUT2D eigenvalue weighted by Gasteiger charge is -2.25. The number of rotatable bonds is 7. The van der Waals surface area contributed by atoms with Crippen molar-refractivity contribution in [2.45, 2.75) is 25.4 Å². The van der Waals surface area contributed by atoms with Crippen molar-refractivity contribution in [3.63, 3.8) is 0 Å². The maximum absolute atomic E-state index is 11.2. The van der Waals surface area contributed by atoms with E-state index in [-0.39, 0.29) is 0 Å². The maximum Gasteiger partial charge on any atom is 0.349 e. The first kappa shape index (κ1) is 16.3. The molecule has 0 aliphatic heterocycles. The SMILES string of the molecule is CC(=O)OC(CC(=O)O)(CC(=O)OC=C=O)C(=O)O. The number of esters is 2. The summed E-state index contributed by atoms with van der Waals surface area (Å²) in [5, 5.41) is 17.6. The van der Waals surface area contributed by atoms with Crippen molar-refractivity contribution in [3.05, 3.63) is 6.26 Å². The van der Waals surface area contributed by atoms with Crippen LogP contribution >= 0.6 is 0 Å². The monoisotopic (exact) mass is 274 g/mol. The second kappa shape index (κ2) is 6.92. The molecule has 1 unspecified atom stereocenters. The predicted octanol–water partition coefficient (Wildman–Crippen LogP) is -0.874. The Kier molecular flexibility index (Phi) is 5.95. The molecule has 0 aromatic rings. The van der Waals surface area contributed by atoms with Crippen LogP contribution in [-0.2, 0) is 33.4 Å². The molecule has 0 aliphatic carbocycles. The van der Waals surface area contributed by atoms with Crippen LogP contribution in [0, 0.1) is 0 Å². The van der Waals surface area contributed by atoms with Crippen molar-refractivity contribution in [3.8, 4) is 0 Å². The van der Waals surface area contributed by atoms with Crippen LogP contribution in [-0.4, -0.2) is 45.6 Å². The van der Waals surface area contributed by atoms with E-state index in [9.17, 15) is 24.0 Å². The summed E-state index contributed by atoms with van der Waals surface area (Å²) in [5.74, 6) is -4.65. The molecule has 0 bridgehead atoms. The molecular formula is C10H10O9. The van der Waals surface area contributed by atoms with Gasteiger partial charge in [-0.15, -0.1) is 0 Å². The summed E-state index contributed by atoms with van der Waals surface area (Å²) >= 11 is 0. The molecule has 0 heterocycles. The van der Waals surface area contributed by atoms with Gasteiger partial charge in [0, 0.05) is 6.92 Å². The van der Waals surface area contributed by atoms with Gasteiger partial charge < -0.3 is 19.7 Å². The molecule has 9 heteroatoms. The normalized spacial score (nSPS) is 12.5. The van der Waals surface area contributed by atoms with E-state index in [0.717, 1.165) is 12.9 Å². The number of carboxylic acids is 2. The van der Waals surface area contributed by atoms with Crippen LogP contribution in [0.2, 0.25) is 0 Å². The Morgan fingerprint density at radius 3 is 2.16 bits per heavy atom. The highest BCUT2D eigenvalue weighted by atomic mass is 16.6. The van der Waals surface area contributed by atoms with Gasteiger partial charge in [-0.25, -0.2) is 9.59 Å². The van der Waals surface area contributed by atoms with Crippen LogP contribution in [0.15, 0.2) is 6.26 Å². The average Bonchev–Trinajstić information content (AvgIpc) is 2.23.